The summed E-state index contributed by atoms with van der Waals surface area (Å²) < 4.78 is 10.8. The quantitative estimate of drug-likeness (QED) is 0.298. The summed E-state index contributed by atoms with van der Waals surface area (Å²) in [7, 11) is 0. The van der Waals surface area contributed by atoms with Crippen molar-refractivity contribution in [1.29, 1.82) is 0 Å². The van der Waals surface area contributed by atoms with Crippen LogP contribution in [0, 0.1) is 17.3 Å². The number of esters is 2. The number of aliphatic imine (C=N–C) groups is 1. The maximum Gasteiger partial charge on any atom is 0.358 e. The predicted octanol–water partition coefficient (Wildman–Crippen LogP) is 2.59. The Hall–Kier alpha value is -1.72. The van der Waals surface area contributed by atoms with Gasteiger partial charge in [0.1, 0.15) is 5.70 Å². The van der Waals surface area contributed by atoms with Crippen LogP contribution < -0.4 is 0 Å². The number of ether oxygens (including phenoxy) is 2. The average molecular weight is 538 g/mol. The highest BCUT2D eigenvalue weighted by Crippen LogP contribution is 2.52. The molecule has 4 heterocycles. The molecule has 0 spiro atoms. The number of fused-ring (bicyclic) bond motifs is 1. The Labute approximate surface area is 220 Å². The molecule has 1 amide bonds. The van der Waals surface area contributed by atoms with Crippen LogP contribution in [-0.4, -0.2) is 87.5 Å². The number of aliphatic hydroxyl groups is 1. The lowest BCUT2D eigenvalue weighted by Crippen LogP contribution is -2.63. The number of likely N-dealkylation sites (tertiary alicyclic amines) is 1. The number of β-lactam (4-membered cyclic amide) rings is 1. The molecule has 36 heavy (non-hydrogen) atoms. The number of aliphatic hydroxyl groups excluding tert-OH is 1. The SMILES string of the molecule is C[C@@H](O)[C@H]1C(=O)N2C(C(=O)OCOC(=O)C3(C)CCCCC3)=C(SC3CN(C4=NCCS4)C3)[C@H](C)[C@H]12. The lowest BCUT2D eigenvalue weighted by molar-refractivity contribution is -0.177. The van der Waals surface area contributed by atoms with Gasteiger partial charge >= 0.3 is 11.9 Å². The molecule has 0 aromatic heterocycles. The van der Waals surface area contributed by atoms with Crippen molar-refractivity contribution < 1.29 is 29.0 Å². The maximum atomic E-state index is 13.2. The van der Waals surface area contributed by atoms with Gasteiger partial charge in [-0.05, 0) is 26.7 Å². The molecule has 2 saturated heterocycles. The van der Waals surface area contributed by atoms with Gasteiger partial charge < -0.3 is 24.4 Å². The molecule has 0 bridgehead atoms. The molecule has 5 rings (SSSR count). The first-order valence-corrected chi connectivity index (χ1v) is 14.8. The highest BCUT2D eigenvalue weighted by molar-refractivity contribution is 8.14. The van der Waals surface area contributed by atoms with Gasteiger partial charge in [-0.25, -0.2) is 4.79 Å². The van der Waals surface area contributed by atoms with Crippen LogP contribution in [0.1, 0.15) is 52.9 Å². The van der Waals surface area contributed by atoms with E-state index in [1.54, 1.807) is 30.4 Å². The molecule has 4 aliphatic heterocycles. The van der Waals surface area contributed by atoms with Crippen LogP contribution in [0.5, 0.6) is 0 Å². The number of amidine groups is 1. The van der Waals surface area contributed by atoms with Gasteiger partial charge in [-0.1, -0.05) is 37.9 Å². The van der Waals surface area contributed by atoms with E-state index in [2.05, 4.69) is 9.89 Å². The minimum atomic E-state index is -0.795. The Morgan fingerprint density at radius 2 is 1.97 bits per heavy atom. The number of hydrogen-bond acceptors (Lipinski definition) is 10. The standard InChI is InChI=1S/C25H35N3O6S2/c1-14-18-17(15(2)29)21(30)28(18)19(20(14)36-16-11-27(12-16)24-26-9-10-35-24)22(31)33-13-34-23(32)25(3)7-5-4-6-8-25/h14-18,29H,4-13H2,1-3H3/t14-,15-,17-,18-/m1/s1. The second-order valence-corrected chi connectivity index (χ2v) is 13.1. The maximum absolute atomic E-state index is 13.2. The number of carbonyl (C=O) groups excluding carboxylic acids is 3. The molecule has 3 fully saturated rings. The summed E-state index contributed by atoms with van der Waals surface area (Å²) in [6, 6.07) is -0.266. The molecule has 4 atom stereocenters. The first kappa shape index (κ1) is 25.9. The van der Waals surface area contributed by atoms with E-state index in [0.717, 1.165) is 67.6 Å². The van der Waals surface area contributed by atoms with E-state index < -0.39 is 30.2 Å². The Morgan fingerprint density at radius 1 is 1.25 bits per heavy atom. The monoisotopic (exact) mass is 537 g/mol. The van der Waals surface area contributed by atoms with Crippen LogP contribution in [0.4, 0.5) is 0 Å². The van der Waals surface area contributed by atoms with Gasteiger partial charge in [0.15, 0.2) is 5.17 Å². The smallest absolute Gasteiger partial charge is 0.358 e. The zero-order valence-electron chi connectivity index (χ0n) is 21.1. The third-order valence-electron chi connectivity index (χ3n) is 8.11. The molecular weight excluding hydrogens is 502 g/mol. The largest absolute Gasteiger partial charge is 0.427 e. The van der Waals surface area contributed by atoms with Crippen molar-refractivity contribution in [3.05, 3.63) is 10.6 Å². The second kappa shape index (κ2) is 10.2. The topological polar surface area (TPSA) is 109 Å². The number of thioether (sulfide) groups is 2. The fourth-order valence-corrected chi connectivity index (χ4v) is 8.34. The summed E-state index contributed by atoms with van der Waals surface area (Å²) in [5, 5.41) is 11.6. The van der Waals surface area contributed by atoms with Crippen molar-refractivity contribution in [1.82, 2.24) is 9.80 Å². The highest BCUT2D eigenvalue weighted by atomic mass is 32.2. The summed E-state index contributed by atoms with van der Waals surface area (Å²) in [4.78, 5) is 47.9. The first-order valence-electron chi connectivity index (χ1n) is 12.9. The molecule has 0 radical (unpaired) electrons. The number of nitrogens with zero attached hydrogens (tertiary/aromatic N) is 3. The van der Waals surface area contributed by atoms with Crippen LogP contribution in [0.25, 0.3) is 0 Å². The Kier molecular flexibility index (Phi) is 7.35. The third kappa shape index (κ3) is 4.55. The summed E-state index contributed by atoms with van der Waals surface area (Å²) in [5.41, 5.74) is -0.293. The fraction of sp³-hybridized carbons (Fsp3) is 0.760. The van der Waals surface area contributed by atoms with E-state index in [1.165, 1.54) is 4.90 Å². The van der Waals surface area contributed by atoms with Gasteiger partial charge in [0.2, 0.25) is 12.7 Å². The Morgan fingerprint density at radius 3 is 2.61 bits per heavy atom. The molecule has 0 aromatic carbocycles. The van der Waals surface area contributed by atoms with Crippen LogP contribution in [0.3, 0.4) is 0 Å². The van der Waals surface area contributed by atoms with Crippen LogP contribution >= 0.6 is 23.5 Å². The van der Waals surface area contributed by atoms with Gasteiger partial charge in [0, 0.05) is 34.9 Å². The minimum Gasteiger partial charge on any atom is -0.427 e. The minimum absolute atomic E-state index is 0.0919. The van der Waals surface area contributed by atoms with Crippen molar-refractivity contribution in [2.24, 2.45) is 22.2 Å². The number of rotatable bonds is 7. The number of hydrogen-bond donors (Lipinski definition) is 1. The first-order chi connectivity index (χ1) is 17.2. The summed E-state index contributed by atoms with van der Waals surface area (Å²) in [5.74, 6) is -0.864. The van der Waals surface area contributed by atoms with E-state index in [0.29, 0.717) is 0 Å². The lowest BCUT2D eigenvalue weighted by Gasteiger charge is -2.46. The van der Waals surface area contributed by atoms with Gasteiger partial charge in [0.05, 0.1) is 30.0 Å². The normalized spacial score (nSPS) is 30.4. The molecule has 0 aromatic rings. The van der Waals surface area contributed by atoms with Gasteiger partial charge in [-0.2, -0.15) is 0 Å². The van der Waals surface area contributed by atoms with Crippen molar-refractivity contribution >= 4 is 46.5 Å². The Bertz CT molecular complexity index is 986. The van der Waals surface area contributed by atoms with Crippen LogP contribution in [-0.2, 0) is 23.9 Å². The summed E-state index contributed by atoms with van der Waals surface area (Å²) in [6.45, 7) is 7.58. The molecule has 0 unspecified atom stereocenters. The van der Waals surface area contributed by atoms with E-state index >= 15 is 0 Å². The van der Waals surface area contributed by atoms with Gasteiger partial charge in [-0.3, -0.25) is 14.6 Å². The van der Waals surface area contributed by atoms with Gasteiger partial charge in [-0.15, -0.1) is 11.8 Å². The van der Waals surface area contributed by atoms with Crippen LogP contribution in [0.15, 0.2) is 15.6 Å². The van der Waals surface area contributed by atoms with E-state index in [-0.39, 0.29) is 34.8 Å². The van der Waals surface area contributed by atoms with Crippen molar-refractivity contribution in [2.45, 2.75) is 70.3 Å². The van der Waals surface area contributed by atoms with Gasteiger partial charge in [0.25, 0.3) is 0 Å². The molecule has 1 N–H and O–H groups in total. The molecule has 1 aliphatic carbocycles. The number of carbonyl (C=O) groups is 3. The van der Waals surface area contributed by atoms with Crippen molar-refractivity contribution in [2.75, 3.05) is 32.2 Å². The van der Waals surface area contributed by atoms with E-state index in [4.69, 9.17) is 9.47 Å². The van der Waals surface area contributed by atoms with E-state index in [1.807, 2.05) is 13.8 Å². The molecular formula is C25H35N3O6S2. The molecule has 9 nitrogen and oxygen atoms in total. The fourth-order valence-electron chi connectivity index (χ4n) is 5.95. The average Bonchev–Trinajstić information content (AvgIpc) is 3.41. The highest BCUT2D eigenvalue weighted by Gasteiger charge is 2.60. The van der Waals surface area contributed by atoms with Crippen molar-refractivity contribution in [3.8, 4) is 0 Å². The molecule has 5 aliphatic rings. The molecule has 198 valence electrons. The molecule has 1 saturated carbocycles. The number of amides is 1. The third-order valence-corrected chi connectivity index (χ3v) is 10.6. The second-order valence-electron chi connectivity index (χ2n) is 10.7. The summed E-state index contributed by atoms with van der Waals surface area (Å²) >= 11 is 3.39. The Balaban J connectivity index is 1.26. The summed E-state index contributed by atoms with van der Waals surface area (Å²) in [6.07, 6.45) is 3.86. The molecule has 11 heteroatoms. The lowest BCUT2D eigenvalue weighted by atomic mass is 9.76. The van der Waals surface area contributed by atoms with Crippen molar-refractivity contribution in [3.63, 3.8) is 0 Å². The van der Waals surface area contributed by atoms with Crippen LogP contribution in [0.2, 0.25) is 0 Å². The predicted molar refractivity (Wildman–Crippen MR) is 138 cm³/mol. The zero-order chi connectivity index (χ0) is 25.6. The van der Waals surface area contributed by atoms with E-state index in [9.17, 15) is 19.5 Å². The zero-order valence-corrected chi connectivity index (χ0v) is 22.7.